The van der Waals surface area contributed by atoms with Gasteiger partial charge in [-0.15, -0.1) is 16.0 Å². The van der Waals surface area contributed by atoms with E-state index in [-0.39, 0.29) is 11.2 Å². The summed E-state index contributed by atoms with van der Waals surface area (Å²) in [6.45, 7) is 4.48. The lowest BCUT2D eigenvalue weighted by Gasteiger charge is -2.17. The smallest absolute Gasteiger partial charge is 0.219 e. The minimum absolute atomic E-state index is 0.00408. The maximum Gasteiger partial charge on any atom is 0.219 e. The minimum Gasteiger partial charge on any atom is -0.872 e. The molecule has 0 aliphatic carbocycles. The van der Waals surface area contributed by atoms with Gasteiger partial charge in [0.1, 0.15) is 7.05 Å². The number of para-hydroxylation sites is 1. The SMILES string of the molecule is C[N+]1=C(/C=C\c2cc(-[n+]3c(-c4ccccc4)cc(-c4ccccc4)cc3-c3ccccc3)ccc2[O-])C(C)(C)c2ccccc21.[O-][Cl+3]([O-])([O-])[O-]. The molecule has 7 rings (SSSR count). The van der Waals surface area contributed by atoms with Gasteiger partial charge in [-0.1, -0.05) is 91.0 Å². The van der Waals surface area contributed by atoms with E-state index in [0.29, 0.717) is 5.56 Å². The normalized spacial score (nSPS) is 13.6. The standard InChI is InChI=1S/C42H35N2O.ClHO4/c1-42(2)36-21-13-14-22-37(36)43(3)41(42)26-23-33-27-35(24-25-40(33)45)44-38(31-17-9-5-10-18-31)28-34(30-15-7-4-8-16-30)29-39(44)32-19-11-6-12-20-32;2-1(3,4)5/h4-29H,1-3H3;(H,2,3,4,5)/q+1;/p-1. The van der Waals surface area contributed by atoms with Crippen molar-refractivity contribution in [1.29, 1.82) is 0 Å². The average molecular weight is 683 g/mol. The number of hydrogen-bond donors (Lipinski definition) is 0. The number of allylic oxidation sites excluding steroid dienone is 1. The first kappa shape index (κ1) is 34.5. The average Bonchev–Trinajstić information content (AvgIpc) is 3.31. The Labute approximate surface area is 294 Å². The molecule has 0 radical (unpaired) electrons. The third-order valence-electron chi connectivity index (χ3n) is 8.93. The van der Waals surface area contributed by atoms with Gasteiger partial charge in [0.05, 0.1) is 5.41 Å². The molecular weight excluding hydrogens is 648 g/mol. The summed E-state index contributed by atoms with van der Waals surface area (Å²) in [6, 6.07) is 50.1. The molecule has 0 atom stereocenters. The third-order valence-corrected chi connectivity index (χ3v) is 8.93. The molecule has 2 heterocycles. The molecule has 50 heavy (non-hydrogen) atoms. The molecule has 8 heteroatoms. The van der Waals surface area contributed by atoms with Gasteiger partial charge in [0.2, 0.25) is 22.8 Å². The van der Waals surface area contributed by atoms with Crippen LogP contribution in [0.15, 0.2) is 152 Å². The van der Waals surface area contributed by atoms with Gasteiger partial charge in [-0.2, -0.15) is 9.14 Å². The van der Waals surface area contributed by atoms with Crippen molar-refractivity contribution in [2.45, 2.75) is 19.3 Å². The second-order valence-corrected chi connectivity index (χ2v) is 13.2. The number of halogens is 1. The molecule has 0 fully saturated rings. The van der Waals surface area contributed by atoms with E-state index in [1.807, 2.05) is 36.4 Å². The van der Waals surface area contributed by atoms with Gasteiger partial charge < -0.3 is 5.11 Å². The highest BCUT2D eigenvalue weighted by Crippen LogP contribution is 2.39. The van der Waals surface area contributed by atoms with Crippen LogP contribution in [0.25, 0.3) is 45.4 Å². The van der Waals surface area contributed by atoms with E-state index in [1.165, 1.54) is 11.3 Å². The van der Waals surface area contributed by atoms with Crippen LogP contribution in [-0.4, -0.2) is 17.3 Å². The lowest BCUT2D eigenvalue weighted by atomic mass is 9.81. The van der Waals surface area contributed by atoms with Crippen molar-refractivity contribution in [3.8, 4) is 45.1 Å². The van der Waals surface area contributed by atoms with Gasteiger partial charge in [0, 0.05) is 53.1 Å². The van der Waals surface area contributed by atoms with Crippen molar-refractivity contribution < 1.29 is 43.1 Å². The predicted octanol–water partition coefficient (Wildman–Crippen LogP) is 4.00. The lowest BCUT2D eigenvalue weighted by Crippen LogP contribution is -2.68. The van der Waals surface area contributed by atoms with E-state index >= 15 is 0 Å². The first-order chi connectivity index (χ1) is 23.9. The number of rotatable bonds is 6. The summed E-state index contributed by atoms with van der Waals surface area (Å²) in [5.74, 6) is -0.00408. The summed E-state index contributed by atoms with van der Waals surface area (Å²) >= 11 is 0. The molecule has 0 N–H and O–H groups in total. The molecule has 0 amide bonds. The van der Waals surface area contributed by atoms with Crippen molar-refractivity contribution in [2.75, 3.05) is 7.05 Å². The van der Waals surface area contributed by atoms with Crippen LogP contribution in [0.4, 0.5) is 5.69 Å². The monoisotopic (exact) mass is 682 g/mol. The second-order valence-electron chi connectivity index (χ2n) is 12.5. The van der Waals surface area contributed by atoms with Crippen LogP contribution in [0.1, 0.15) is 25.0 Å². The number of benzene rings is 5. The minimum atomic E-state index is -4.94. The van der Waals surface area contributed by atoms with Crippen LogP contribution < -0.4 is 28.3 Å². The summed E-state index contributed by atoms with van der Waals surface area (Å²) in [5, 5.41) is 13.3. The maximum absolute atomic E-state index is 13.3. The molecule has 0 unspecified atom stereocenters. The van der Waals surface area contributed by atoms with E-state index in [4.69, 9.17) is 18.6 Å². The Bertz CT molecular complexity index is 2130. The van der Waals surface area contributed by atoms with Gasteiger partial charge in [-0.25, -0.2) is 18.6 Å². The predicted molar refractivity (Wildman–Crippen MR) is 183 cm³/mol. The summed E-state index contributed by atoms with van der Waals surface area (Å²) in [5.41, 5.74) is 11.6. The fraction of sp³-hybridized carbons (Fsp3) is 0.0952. The molecule has 5 aromatic carbocycles. The maximum atomic E-state index is 13.3. The molecule has 0 saturated heterocycles. The van der Waals surface area contributed by atoms with Crippen molar-refractivity contribution >= 4 is 17.5 Å². The molecule has 0 saturated carbocycles. The summed E-state index contributed by atoms with van der Waals surface area (Å²) in [4.78, 5) is 0. The first-order valence-corrected chi connectivity index (χ1v) is 17.2. The summed E-state index contributed by atoms with van der Waals surface area (Å²) in [7, 11) is -2.84. The van der Waals surface area contributed by atoms with Crippen molar-refractivity contribution in [3.05, 3.63) is 163 Å². The quantitative estimate of drug-likeness (QED) is 0.246. The zero-order chi connectivity index (χ0) is 35.5. The Morgan fingerprint density at radius 2 is 1.04 bits per heavy atom. The molecular formula is C42H35ClN2O5. The Morgan fingerprint density at radius 1 is 0.560 bits per heavy atom. The van der Waals surface area contributed by atoms with Crippen LogP contribution in [-0.2, 0) is 5.41 Å². The molecule has 0 spiro atoms. The number of pyridine rings is 1. The van der Waals surface area contributed by atoms with E-state index in [1.54, 1.807) is 6.07 Å². The van der Waals surface area contributed by atoms with Gasteiger partial charge in [-0.3, -0.25) is 0 Å². The van der Waals surface area contributed by atoms with E-state index in [0.717, 1.165) is 45.0 Å². The Kier molecular flexibility index (Phi) is 9.79. The van der Waals surface area contributed by atoms with Crippen molar-refractivity contribution in [1.82, 2.24) is 0 Å². The summed E-state index contributed by atoms with van der Waals surface area (Å²) in [6.07, 6.45) is 4.09. The van der Waals surface area contributed by atoms with Crippen LogP contribution in [0.5, 0.6) is 5.75 Å². The highest BCUT2D eigenvalue weighted by atomic mass is 35.7. The molecule has 7 nitrogen and oxygen atoms in total. The van der Waals surface area contributed by atoms with Gasteiger partial charge in [-0.05, 0) is 60.9 Å². The Morgan fingerprint density at radius 3 is 1.56 bits per heavy atom. The third kappa shape index (κ3) is 7.43. The van der Waals surface area contributed by atoms with Crippen molar-refractivity contribution in [3.63, 3.8) is 0 Å². The zero-order valence-electron chi connectivity index (χ0n) is 27.8. The number of aromatic nitrogens is 1. The van der Waals surface area contributed by atoms with E-state index < -0.39 is 10.2 Å². The lowest BCUT2D eigenvalue weighted by molar-refractivity contribution is -2.00. The van der Waals surface area contributed by atoms with Crippen LogP contribution in [0.2, 0.25) is 0 Å². The van der Waals surface area contributed by atoms with Crippen LogP contribution in [0.3, 0.4) is 0 Å². The Hall–Kier alpha value is -5.41. The highest BCUT2D eigenvalue weighted by Gasteiger charge is 2.42. The highest BCUT2D eigenvalue weighted by molar-refractivity contribution is 6.05. The van der Waals surface area contributed by atoms with E-state index in [9.17, 15) is 5.11 Å². The molecule has 250 valence electrons. The molecule has 6 aromatic rings. The number of hydrogen-bond acceptors (Lipinski definition) is 5. The van der Waals surface area contributed by atoms with Gasteiger partial charge in [0.25, 0.3) is 0 Å². The molecule has 1 aromatic heterocycles. The first-order valence-electron chi connectivity index (χ1n) is 16.0. The topological polar surface area (TPSA) is 122 Å². The molecule has 1 aliphatic rings. The molecule has 1 aliphatic heterocycles. The fourth-order valence-corrected chi connectivity index (χ4v) is 6.59. The van der Waals surface area contributed by atoms with Gasteiger partial charge in [0.15, 0.2) is 5.71 Å². The van der Waals surface area contributed by atoms with Crippen LogP contribution in [0, 0.1) is 10.2 Å². The molecule has 0 bridgehead atoms. The Balaban J connectivity index is 0.000000808. The zero-order valence-corrected chi connectivity index (χ0v) is 28.6. The van der Waals surface area contributed by atoms with Gasteiger partial charge >= 0.3 is 0 Å². The second kappa shape index (κ2) is 14.2. The van der Waals surface area contributed by atoms with E-state index in [2.05, 4.69) is 145 Å². The number of fused-ring (bicyclic) bond motifs is 1. The largest absolute Gasteiger partial charge is 0.872 e. The number of nitrogens with zero attached hydrogens (tertiary/aromatic N) is 2. The van der Waals surface area contributed by atoms with Crippen molar-refractivity contribution in [2.24, 2.45) is 0 Å². The summed E-state index contributed by atoms with van der Waals surface area (Å²) < 4.78 is 38.5. The fourth-order valence-electron chi connectivity index (χ4n) is 6.59. The van der Waals surface area contributed by atoms with Crippen LogP contribution >= 0.6 is 0 Å².